The molecule has 32 heavy (non-hydrogen) atoms. The van der Waals surface area contributed by atoms with E-state index >= 15 is 0 Å². The largest absolute Gasteiger partial charge is 0.507 e. The zero-order valence-electron chi connectivity index (χ0n) is 18.5. The minimum Gasteiger partial charge on any atom is -0.507 e. The molecular weight excluding hydrogens is 414 g/mol. The minimum absolute atomic E-state index is 0.0490. The molecule has 3 rings (SSSR count). The summed E-state index contributed by atoms with van der Waals surface area (Å²) in [6.45, 7) is 4.09. The van der Waals surface area contributed by atoms with Crippen molar-refractivity contribution in [2.24, 2.45) is 0 Å². The zero-order valence-corrected chi connectivity index (χ0v) is 18.5. The fraction of sp³-hybridized carbons (Fsp3) is 0.333. The summed E-state index contributed by atoms with van der Waals surface area (Å²) in [5, 5.41) is 21.4. The first-order chi connectivity index (χ1) is 15.3. The number of carbonyl (C=O) groups is 2. The molecule has 1 amide bonds. The Morgan fingerprint density at radius 2 is 1.84 bits per heavy atom. The monoisotopic (exact) mass is 441 g/mol. The second kappa shape index (κ2) is 9.74. The number of Topliss-reactive ketones (excluding diaryl/α,β-unsaturated/α-hetero) is 1. The quantitative estimate of drug-likeness (QED) is 0.368. The van der Waals surface area contributed by atoms with Gasteiger partial charge in [0.2, 0.25) is 0 Å². The molecule has 1 atom stereocenters. The highest BCUT2D eigenvalue weighted by Gasteiger charge is 2.46. The molecule has 8 nitrogen and oxygen atoms in total. The Morgan fingerprint density at radius 3 is 2.47 bits per heavy atom. The van der Waals surface area contributed by atoms with Crippen LogP contribution in [0.1, 0.15) is 31.0 Å². The van der Waals surface area contributed by atoms with Gasteiger partial charge < -0.3 is 29.3 Å². The maximum atomic E-state index is 13.0. The number of methoxy groups -OCH3 is 2. The van der Waals surface area contributed by atoms with Crippen LogP contribution < -0.4 is 9.47 Å². The smallest absolute Gasteiger partial charge is 0.295 e. The van der Waals surface area contributed by atoms with Crippen LogP contribution in [-0.4, -0.2) is 60.3 Å². The van der Waals surface area contributed by atoms with Gasteiger partial charge in [-0.25, -0.2) is 0 Å². The van der Waals surface area contributed by atoms with E-state index in [2.05, 4.69) is 0 Å². The van der Waals surface area contributed by atoms with E-state index in [4.69, 9.17) is 14.2 Å². The van der Waals surface area contributed by atoms with Crippen LogP contribution in [0.3, 0.4) is 0 Å². The van der Waals surface area contributed by atoms with Crippen LogP contribution in [0.25, 0.3) is 5.76 Å². The van der Waals surface area contributed by atoms with Gasteiger partial charge in [0, 0.05) is 12.1 Å². The molecule has 0 saturated carbocycles. The number of phenols is 1. The van der Waals surface area contributed by atoms with Gasteiger partial charge in [-0.1, -0.05) is 18.2 Å². The summed E-state index contributed by atoms with van der Waals surface area (Å²) in [6, 6.07) is 10.3. The van der Waals surface area contributed by atoms with Crippen molar-refractivity contribution < 1.29 is 34.0 Å². The van der Waals surface area contributed by atoms with E-state index in [0.717, 1.165) is 0 Å². The Bertz CT molecular complexity index is 1040. The number of ketones is 1. The van der Waals surface area contributed by atoms with Gasteiger partial charge in [0.1, 0.15) is 11.5 Å². The average molecular weight is 441 g/mol. The van der Waals surface area contributed by atoms with Crippen molar-refractivity contribution in [3.8, 4) is 17.2 Å². The summed E-state index contributed by atoms with van der Waals surface area (Å²) in [4.78, 5) is 27.3. The molecule has 8 heteroatoms. The van der Waals surface area contributed by atoms with Crippen molar-refractivity contribution in [2.75, 3.05) is 27.4 Å². The van der Waals surface area contributed by atoms with Gasteiger partial charge in [0.05, 0.1) is 38.5 Å². The maximum absolute atomic E-state index is 13.0. The van der Waals surface area contributed by atoms with Gasteiger partial charge in [-0.3, -0.25) is 9.59 Å². The lowest BCUT2D eigenvalue weighted by Gasteiger charge is -2.26. The normalized spacial score (nSPS) is 17.8. The average Bonchev–Trinajstić information content (AvgIpc) is 3.03. The second-order valence-electron chi connectivity index (χ2n) is 7.58. The van der Waals surface area contributed by atoms with Crippen molar-refractivity contribution >= 4 is 17.4 Å². The molecule has 0 radical (unpaired) electrons. The molecule has 1 heterocycles. The maximum Gasteiger partial charge on any atom is 0.295 e. The predicted molar refractivity (Wildman–Crippen MR) is 118 cm³/mol. The number of ether oxygens (including phenoxy) is 3. The van der Waals surface area contributed by atoms with E-state index in [-0.39, 0.29) is 42.1 Å². The van der Waals surface area contributed by atoms with Crippen molar-refractivity contribution in [3.05, 3.63) is 59.2 Å². The Hall–Kier alpha value is -3.52. The van der Waals surface area contributed by atoms with Crippen molar-refractivity contribution in [1.29, 1.82) is 0 Å². The summed E-state index contributed by atoms with van der Waals surface area (Å²) in [5.41, 5.74) is 0.720. The highest BCUT2D eigenvalue weighted by molar-refractivity contribution is 6.46. The predicted octanol–water partition coefficient (Wildman–Crippen LogP) is 3.26. The summed E-state index contributed by atoms with van der Waals surface area (Å²) in [6.07, 6.45) is -0.0490. The van der Waals surface area contributed by atoms with Crippen LogP contribution >= 0.6 is 0 Å². The number of likely N-dealkylation sites (tertiary alicyclic amines) is 1. The Balaban J connectivity index is 2.13. The van der Waals surface area contributed by atoms with E-state index in [1.807, 2.05) is 13.8 Å². The standard InChI is InChI=1S/C24H27NO7/c1-14(2)32-11-10-25-21(15-8-9-19(31-4)18(26)13-15)20(23(28)24(25)29)22(27)16-6-5-7-17(12-16)30-3/h5-9,12-14,21,26-27H,10-11H2,1-4H3/b22-20-. The van der Waals surface area contributed by atoms with E-state index in [9.17, 15) is 19.8 Å². The van der Waals surface area contributed by atoms with Gasteiger partial charge in [-0.2, -0.15) is 0 Å². The first-order valence-corrected chi connectivity index (χ1v) is 10.2. The zero-order chi connectivity index (χ0) is 23.4. The molecule has 0 bridgehead atoms. The number of amides is 1. The Morgan fingerprint density at radius 1 is 1.09 bits per heavy atom. The van der Waals surface area contributed by atoms with Crippen molar-refractivity contribution in [1.82, 2.24) is 4.90 Å². The lowest BCUT2D eigenvalue weighted by atomic mass is 9.95. The fourth-order valence-corrected chi connectivity index (χ4v) is 3.65. The molecule has 1 aliphatic heterocycles. The van der Waals surface area contributed by atoms with Crippen LogP contribution in [0.5, 0.6) is 17.2 Å². The van der Waals surface area contributed by atoms with E-state index in [1.165, 1.54) is 25.2 Å². The number of aromatic hydroxyl groups is 1. The Kier molecular flexibility index (Phi) is 7.05. The number of benzene rings is 2. The number of rotatable bonds is 8. The first-order valence-electron chi connectivity index (χ1n) is 10.2. The molecule has 2 aromatic carbocycles. The van der Waals surface area contributed by atoms with E-state index in [1.54, 1.807) is 36.4 Å². The third-order valence-corrected chi connectivity index (χ3v) is 5.19. The van der Waals surface area contributed by atoms with Gasteiger partial charge in [0.15, 0.2) is 11.5 Å². The highest BCUT2D eigenvalue weighted by atomic mass is 16.5. The van der Waals surface area contributed by atoms with E-state index in [0.29, 0.717) is 16.9 Å². The van der Waals surface area contributed by atoms with Crippen LogP contribution in [-0.2, 0) is 14.3 Å². The molecule has 1 fully saturated rings. The lowest BCUT2D eigenvalue weighted by Crippen LogP contribution is -2.33. The topological polar surface area (TPSA) is 106 Å². The molecule has 2 N–H and O–H groups in total. The number of carbonyl (C=O) groups excluding carboxylic acids is 2. The van der Waals surface area contributed by atoms with Crippen molar-refractivity contribution in [3.63, 3.8) is 0 Å². The third-order valence-electron chi connectivity index (χ3n) is 5.19. The number of phenolic OH excluding ortho intramolecular Hbond substituents is 1. The Labute approximate surface area is 186 Å². The number of aliphatic hydroxyl groups excluding tert-OH is 1. The van der Waals surface area contributed by atoms with Crippen LogP contribution in [0, 0.1) is 0 Å². The van der Waals surface area contributed by atoms with Gasteiger partial charge in [-0.05, 0) is 43.7 Å². The van der Waals surface area contributed by atoms with Crippen LogP contribution in [0.2, 0.25) is 0 Å². The summed E-state index contributed by atoms with van der Waals surface area (Å²) in [7, 11) is 2.92. The first kappa shape index (κ1) is 23.1. The number of aliphatic hydroxyl groups is 1. The lowest BCUT2D eigenvalue weighted by molar-refractivity contribution is -0.140. The summed E-state index contributed by atoms with van der Waals surface area (Å²) >= 11 is 0. The molecule has 2 aromatic rings. The van der Waals surface area contributed by atoms with Crippen molar-refractivity contribution in [2.45, 2.75) is 26.0 Å². The highest BCUT2D eigenvalue weighted by Crippen LogP contribution is 2.41. The number of hydrogen-bond acceptors (Lipinski definition) is 7. The molecular formula is C24H27NO7. The SMILES string of the molecule is COc1cccc(/C(O)=C2/C(=O)C(=O)N(CCOC(C)C)C2c2ccc(OC)c(O)c2)c1. The molecule has 0 spiro atoms. The number of nitrogens with zero attached hydrogens (tertiary/aromatic N) is 1. The second-order valence-corrected chi connectivity index (χ2v) is 7.58. The molecule has 1 saturated heterocycles. The molecule has 0 aliphatic carbocycles. The number of hydrogen-bond donors (Lipinski definition) is 2. The summed E-state index contributed by atoms with van der Waals surface area (Å²) < 4.78 is 15.9. The third kappa shape index (κ3) is 4.55. The van der Waals surface area contributed by atoms with E-state index < -0.39 is 17.7 Å². The summed E-state index contributed by atoms with van der Waals surface area (Å²) in [5.74, 6) is -1.28. The fourth-order valence-electron chi connectivity index (χ4n) is 3.65. The molecule has 1 unspecified atom stereocenters. The minimum atomic E-state index is -0.909. The van der Waals surface area contributed by atoms with Crippen LogP contribution in [0.4, 0.5) is 0 Å². The van der Waals surface area contributed by atoms with Gasteiger partial charge in [0.25, 0.3) is 11.7 Å². The van der Waals surface area contributed by atoms with Crippen LogP contribution in [0.15, 0.2) is 48.0 Å². The molecule has 1 aliphatic rings. The molecule has 0 aromatic heterocycles. The van der Waals surface area contributed by atoms with Gasteiger partial charge in [-0.15, -0.1) is 0 Å². The molecule has 170 valence electrons. The van der Waals surface area contributed by atoms with Gasteiger partial charge >= 0.3 is 0 Å².